The zero-order chi connectivity index (χ0) is 17.8. The number of rotatable bonds is 9. The molecule has 25 heavy (non-hydrogen) atoms. The standard InChI is InChI=1S/C17H28N4O3.HI/c1-13-7-5-6-8-15(13)24-14(2)11-20-17(18-3)21-12-16(22)19-9-10-23-4;/h5-8,14H,9-12H2,1-4H3,(H,19,22)(H2,18,20,21);1H. The van der Waals surface area contributed by atoms with Gasteiger partial charge in [-0.1, -0.05) is 18.2 Å². The Morgan fingerprint density at radius 2 is 1.96 bits per heavy atom. The van der Waals surface area contributed by atoms with Crippen LogP contribution in [0.15, 0.2) is 29.3 Å². The quantitative estimate of drug-likeness (QED) is 0.222. The van der Waals surface area contributed by atoms with E-state index >= 15 is 0 Å². The zero-order valence-electron chi connectivity index (χ0n) is 15.3. The van der Waals surface area contributed by atoms with Gasteiger partial charge in [-0.3, -0.25) is 9.79 Å². The van der Waals surface area contributed by atoms with Crippen LogP contribution in [0.3, 0.4) is 0 Å². The molecule has 0 spiro atoms. The predicted molar refractivity (Wildman–Crippen MR) is 111 cm³/mol. The maximum absolute atomic E-state index is 11.6. The first-order chi connectivity index (χ1) is 11.6. The summed E-state index contributed by atoms with van der Waals surface area (Å²) in [6.45, 7) is 5.69. The molecular formula is C17H29IN4O3. The van der Waals surface area contributed by atoms with Crippen LogP contribution < -0.4 is 20.7 Å². The van der Waals surface area contributed by atoms with Gasteiger partial charge in [0.25, 0.3) is 0 Å². The summed E-state index contributed by atoms with van der Waals surface area (Å²) in [6, 6.07) is 7.89. The Balaban J connectivity index is 0.00000576. The first-order valence-electron chi connectivity index (χ1n) is 7.99. The molecule has 0 aliphatic carbocycles. The van der Waals surface area contributed by atoms with Crippen LogP contribution in [0.25, 0.3) is 0 Å². The topological polar surface area (TPSA) is 84.0 Å². The van der Waals surface area contributed by atoms with Crippen LogP contribution >= 0.6 is 24.0 Å². The van der Waals surface area contributed by atoms with Crippen molar-refractivity contribution in [3.63, 3.8) is 0 Å². The van der Waals surface area contributed by atoms with Crippen molar-refractivity contribution in [2.75, 3.05) is 40.4 Å². The number of hydrogen-bond acceptors (Lipinski definition) is 4. The number of halogens is 1. The molecule has 3 N–H and O–H groups in total. The Labute approximate surface area is 167 Å². The third kappa shape index (κ3) is 10.1. The Kier molecular flexibility index (Phi) is 12.9. The van der Waals surface area contributed by atoms with Gasteiger partial charge in [0.1, 0.15) is 11.9 Å². The smallest absolute Gasteiger partial charge is 0.239 e. The summed E-state index contributed by atoms with van der Waals surface area (Å²) in [4.78, 5) is 15.7. The minimum Gasteiger partial charge on any atom is -0.489 e. The van der Waals surface area contributed by atoms with Gasteiger partial charge in [0.05, 0.1) is 19.7 Å². The SMILES string of the molecule is CN=C(NCC(=O)NCCOC)NCC(C)Oc1ccccc1C.I. The molecule has 0 heterocycles. The van der Waals surface area contributed by atoms with Crippen molar-refractivity contribution in [3.8, 4) is 5.75 Å². The number of aryl methyl sites for hydroxylation is 1. The van der Waals surface area contributed by atoms with E-state index in [2.05, 4.69) is 20.9 Å². The molecule has 0 aliphatic heterocycles. The zero-order valence-corrected chi connectivity index (χ0v) is 17.6. The molecule has 0 aromatic heterocycles. The molecule has 8 heteroatoms. The highest BCUT2D eigenvalue weighted by atomic mass is 127. The van der Waals surface area contributed by atoms with Crippen molar-refractivity contribution in [3.05, 3.63) is 29.8 Å². The molecule has 1 rings (SSSR count). The van der Waals surface area contributed by atoms with E-state index in [1.807, 2.05) is 38.1 Å². The summed E-state index contributed by atoms with van der Waals surface area (Å²) in [5.41, 5.74) is 1.10. The van der Waals surface area contributed by atoms with Crippen molar-refractivity contribution in [2.45, 2.75) is 20.0 Å². The van der Waals surface area contributed by atoms with Crippen molar-refractivity contribution in [2.24, 2.45) is 4.99 Å². The van der Waals surface area contributed by atoms with Gasteiger partial charge in [-0.2, -0.15) is 0 Å². The number of amides is 1. The number of ether oxygens (including phenoxy) is 2. The lowest BCUT2D eigenvalue weighted by Gasteiger charge is -2.18. The van der Waals surface area contributed by atoms with E-state index in [0.717, 1.165) is 11.3 Å². The van der Waals surface area contributed by atoms with Crippen LogP contribution in [0, 0.1) is 6.92 Å². The van der Waals surface area contributed by atoms with E-state index in [-0.39, 0.29) is 42.5 Å². The fraction of sp³-hybridized carbons (Fsp3) is 0.529. The number of carbonyl (C=O) groups is 1. The molecule has 0 bridgehead atoms. The Morgan fingerprint density at radius 1 is 1.24 bits per heavy atom. The second kappa shape index (κ2) is 13.7. The minimum absolute atomic E-state index is 0. The summed E-state index contributed by atoms with van der Waals surface area (Å²) >= 11 is 0. The van der Waals surface area contributed by atoms with Crippen LogP contribution in [-0.2, 0) is 9.53 Å². The molecule has 1 aromatic rings. The maximum atomic E-state index is 11.6. The average Bonchev–Trinajstić information content (AvgIpc) is 2.57. The van der Waals surface area contributed by atoms with Crippen molar-refractivity contribution < 1.29 is 14.3 Å². The molecule has 0 radical (unpaired) electrons. The number of aliphatic imine (C=N–C) groups is 1. The number of guanidine groups is 1. The normalized spacial score (nSPS) is 11.9. The summed E-state index contributed by atoms with van der Waals surface area (Å²) < 4.78 is 10.8. The number of hydrogen-bond donors (Lipinski definition) is 3. The second-order valence-electron chi connectivity index (χ2n) is 5.34. The summed E-state index contributed by atoms with van der Waals surface area (Å²) in [5, 5.41) is 8.83. The van der Waals surface area contributed by atoms with Crippen LogP contribution in [0.1, 0.15) is 12.5 Å². The number of nitrogens with one attached hydrogen (secondary N) is 3. The van der Waals surface area contributed by atoms with Crippen LogP contribution in [-0.4, -0.2) is 58.4 Å². The average molecular weight is 464 g/mol. The van der Waals surface area contributed by atoms with Crippen molar-refractivity contribution in [1.29, 1.82) is 0 Å². The lowest BCUT2D eigenvalue weighted by atomic mass is 10.2. The second-order valence-corrected chi connectivity index (χ2v) is 5.34. The van der Waals surface area contributed by atoms with Gasteiger partial charge in [0, 0.05) is 20.7 Å². The highest BCUT2D eigenvalue weighted by molar-refractivity contribution is 14.0. The summed E-state index contributed by atoms with van der Waals surface area (Å²) in [5.74, 6) is 1.31. The monoisotopic (exact) mass is 464 g/mol. The van der Waals surface area contributed by atoms with E-state index in [1.54, 1.807) is 14.2 Å². The van der Waals surface area contributed by atoms with E-state index in [1.165, 1.54) is 0 Å². The molecule has 142 valence electrons. The van der Waals surface area contributed by atoms with Crippen LogP contribution in [0.5, 0.6) is 5.75 Å². The lowest BCUT2D eigenvalue weighted by Crippen LogP contribution is -2.45. The number of carbonyl (C=O) groups excluding carboxylic acids is 1. The van der Waals surface area contributed by atoms with Crippen molar-refractivity contribution in [1.82, 2.24) is 16.0 Å². The number of para-hydroxylation sites is 1. The first kappa shape index (κ1) is 23.4. The number of methoxy groups -OCH3 is 1. The summed E-state index contributed by atoms with van der Waals surface area (Å²) in [7, 11) is 3.25. The van der Waals surface area contributed by atoms with Gasteiger partial charge >= 0.3 is 0 Å². The van der Waals surface area contributed by atoms with E-state index in [9.17, 15) is 4.79 Å². The lowest BCUT2D eigenvalue weighted by molar-refractivity contribution is -0.120. The molecule has 1 amide bonds. The predicted octanol–water partition coefficient (Wildman–Crippen LogP) is 1.31. The Morgan fingerprint density at radius 3 is 2.60 bits per heavy atom. The van der Waals surface area contributed by atoms with Gasteiger partial charge in [0.2, 0.25) is 5.91 Å². The largest absolute Gasteiger partial charge is 0.489 e. The molecule has 1 unspecified atom stereocenters. The molecule has 0 saturated heterocycles. The number of nitrogens with zero attached hydrogens (tertiary/aromatic N) is 1. The van der Waals surface area contributed by atoms with Gasteiger partial charge in [0.15, 0.2) is 5.96 Å². The third-order valence-electron chi connectivity index (χ3n) is 3.25. The van der Waals surface area contributed by atoms with E-state index in [0.29, 0.717) is 25.7 Å². The fourth-order valence-corrected chi connectivity index (χ4v) is 1.93. The Bertz CT molecular complexity index is 540. The van der Waals surface area contributed by atoms with Crippen LogP contribution in [0.2, 0.25) is 0 Å². The van der Waals surface area contributed by atoms with Gasteiger partial charge in [-0.15, -0.1) is 24.0 Å². The number of benzene rings is 1. The fourth-order valence-electron chi connectivity index (χ4n) is 1.93. The van der Waals surface area contributed by atoms with Crippen molar-refractivity contribution >= 4 is 35.8 Å². The highest BCUT2D eigenvalue weighted by Crippen LogP contribution is 2.17. The molecule has 0 saturated carbocycles. The molecular weight excluding hydrogens is 435 g/mol. The molecule has 0 fully saturated rings. The molecule has 1 atom stereocenters. The summed E-state index contributed by atoms with van der Waals surface area (Å²) in [6.07, 6.45) is -0.0415. The highest BCUT2D eigenvalue weighted by Gasteiger charge is 2.08. The molecule has 7 nitrogen and oxygen atoms in total. The molecule has 1 aromatic carbocycles. The van der Waals surface area contributed by atoms with Gasteiger partial charge in [-0.25, -0.2) is 0 Å². The maximum Gasteiger partial charge on any atom is 0.239 e. The third-order valence-corrected chi connectivity index (χ3v) is 3.25. The van der Waals surface area contributed by atoms with E-state index < -0.39 is 0 Å². The van der Waals surface area contributed by atoms with Gasteiger partial charge in [-0.05, 0) is 25.5 Å². The van der Waals surface area contributed by atoms with Gasteiger partial charge < -0.3 is 25.4 Å². The molecule has 0 aliphatic rings. The Hall–Kier alpha value is -1.55. The van der Waals surface area contributed by atoms with E-state index in [4.69, 9.17) is 9.47 Å². The first-order valence-corrected chi connectivity index (χ1v) is 7.99. The van der Waals surface area contributed by atoms with Crippen LogP contribution in [0.4, 0.5) is 0 Å². The minimum atomic E-state index is -0.112.